The summed E-state index contributed by atoms with van der Waals surface area (Å²) in [6.07, 6.45) is 3.24. The first-order valence-corrected chi connectivity index (χ1v) is 20.1. The second-order valence-electron chi connectivity index (χ2n) is 14.7. The number of hydrogen-bond donors (Lipinski definition) is 1. The fourth-order valence-electron chi connectivity index (χ4n) is 6.40. The molecule has 2 aromatic heterocycles. The van der Waals surface area contributed by atoms with Gasteiger partial charge in [-0.3, -0.25) is 14.8 Å². The number of carbonyl (C=O) groups is 1. The van der Waals surface area contributed by atoms with Crippen LogP contribution < -0.4 is 49.2 Å². The Hall–Kier alpha value is -2.41. The van der Waals surface area contributed by atoms with Gasteiger partial charge in [-0.1, -0.05) is 88.3 Å². The van der Waals surface area contributed by atoms with Gasteiger partial charge in [0.25, 0.3) is 0 Å². The van der Waals surface area contributed by atoms with Crippen molar-refractivity contribution < 1.29 is 42.3 Å². The minimum atomic E-state index is -0.502. The van der Waals surface area contributed by atoms with Crippen LogP contribution in [0.5, 0.6) is 0 Å². The number of piperazine rings is 2. The van der Waals surface area contributed by atoms with Crippen LogP contribution in [0, 0.1) is 23.7 Å². The Balaban J connectivity index is 0. The Bertz CT molecular complexity index is 1710. The van der Waals surface area contributed by atoms with Crippen LogP contribution in [0.15, 0.2) is 94.1 Å². The van der Waals surface area contributed by atoms with E-state index in [-0.39, 0.29) is 73.3 Å². The van der Waals surface area contributed by atoms with Crippen LogP contribution >= 0.6 is 31.9 Å². The molecular weight excluding hydrogens is 838 g/mol. The topological polar surface area (TPSA) is 76.0 Å². The van der Waals surface area contributed by atoms with Crippen LogP contribution in [0.1, 0.15) is 81.5 Å². The van der Waals surface area contributed by atoms with Gasteiger partial charge >= 0.3 is 29.6 Å². The van der Waals surface area contributed by atoms with Gasteiger partial charge in [0.15, 0.2) is 5.78 Å². The summed E-state index contributed by atoms with van der Waals surface area (Å²) in [4.78, 5) is 30.9. The number of Topliss-reactive ketones (excluding diaryl/α,β-unsaturated/α-hetero) is 1. The minimum Gasteiger partial charge on any atom is -1.00 e. The molecule has 4 aromatic rings. The van der Waals surface area contributed by atoms with Crippen molar-refractivity contribution in [3.05, 3.63) is 106 Å². The van der Waals surface area contributed by atoms with Gasteiger partial charge in [0.1, 0.15) is 5.69 Å². The minimum absolute atomic E-state index is 0. The number of pyridine rings is 2. The zero-order valence-electron chi connectivity index (χ0n) is 34.0. The number of nitrogens with zero attached hydrogens (tertiary/aromatic N) is 6. The standard InChI is InChI=1S/C21H28BrN3O.C21H26BrN3O.2CH4.B.Na.H2.H/c2*1-15(2)16(3)21(26)20-9-8-19(14-23-20)25-12-10-24(11-13-25)18-6-4-17(22)5-7-18;;;;;;/h4-9,14-16,21,26H,10-13H2,1-3H3;4-9,14-16H,10-13H2,1-3H3;2*1H4;;;1H;/q;;;;;+1;;-1. The Kier molecular flexibility index (Phi) is 22.6. The summed E-state index contributed by atoms with van der Waals surface area (Å²) in [7, 11) is 0. The predicted molar refractivity (Wildman–Crippen MR) is 245 cm³/mol. The third-order valence-corrected chi connectivity index (χ3v) is 11.8. The molecule has 3 unspecified atom stereocenters. The van der Waals surface area contributed by atoms with Crippen molar-refractivity contribution in [2.45, 2.75) is 62.5 Å². The summed E-state index contributed by atoms with van der Waals surface area (Å²) in [5.41, 5.74) is 6.09. The number of ketones is 1. The molecule has 6 rings (SSSR count). The number of aliphatic hydroxyl groups is 1. The second kappa shape index (κ2) is 24.5. The molecule has 0 saturated carbocycles. The van der Waals surface area contributed by atoms with Crippen LogP contribution in [-0.2, 0) is 0 Å². The second-order valence-corrected chi connectivity index (χ2v) is 16.5. The number of carbonyl (C=O) groups excluding carboxylic acids is 1. The first-order chi connectivity index (χ1) is 24.9. The zero-order chi connectivity index (χ0) is 37.4. The smallest absolute Gasteiger partial charge is 1.00 e. The molecule has 4 heterocycles. The molecule has 3 atom stereocenters. The molecule has 2 aliphatic rings. The Labute approximate surface area is 382 Å². The van der Waals surface area contributed by atoms with E-state index in [1.54, 1.807) is 0 Å². The number of hydrogen-bond acceptors (Lipinski definition) is 8. The van der Waals surface area contributed by atoms with E-state index in [9.17, 15) is 9.90 Å². The Morgan fingerprint density at radius 1 is 0.607 bits per heavy atom. The largest absolute Gasteiger partial charge is 1.00 e. The van der Waals surface area contributed by atoms with E-state index in [0.717, 1.165) is 78.4 Å². The zero-order valence-corrected chi connectivity index (χ0v) is 38.2. The number of aliphatic hydroxyl groups excluding tert-OH is 1. The fourth-order valence-corrected chi connectivity index (χ4v) is 6.93. The van der Waals surface area contributed by atoms with Gasteiger partial charge in [0, 0.05) is 88.4 Å². The molecule has 2 aliphatic heterocycles. The molecular formula is C44H65BBr2N6NaO2. The maximum absolute atomic E-state index is 12.4. The normalized spacial score (nSPS) is 15.6. The van der Waals surface area contributed by atoms with Crippen LogP contribution in [0.2, 0.25) is 0 Å². The van der Waals surface area contributed by atoms with Gasteiger partial charge in [0.05, 0.1) is 35.6 Å². The van der Waals surface area contributed by atoms with E-state index in [0.29, 0.717) is 17.5 Å². The molecule has 0 spiro atoms. The van der Waals surface area contributed by atoms with Gasteiger partial charge in [-0.15, -0.1) is 0 Å². The Morgan fingerprint density at radius 2 is 0.964 bits per heavy atom. The first-order valence-electron chi connectivity index (χ1n) is 18.6. The van der Waals surface area contributed by atoms with Crippen LogP contribution in [0.25, 0.3) is 0 Å². The molecule has 56 heavy (non-hydrogen) atoms. The number of anilines is 4. The summed E-state index contributed by atoms with van der Waals surface area (Å²) in [5.74, 6) is 1.09. The molecule has 2 aromatic carbocycles. The molecule has 0 aliphatic carbocycles. The molecule has 2 fully saturated rings. The van der Waals surface area contributed by atoms with Crippen LogP contribution in [0.3, 0.4) is 0 Å². The number of benzene rings is 2. The molecule has 301 valence electrons. The van der Waals surface area contributed by atoms with E-state index in [2.05, 4.69) is 151 Å². The van der Waals surface area contributed by atoms with Gasteiger partial charge < -0.3 is 26.1 Å². The fraction of sp³-hybridized carbons (Fsp3) is 0.477. The Morgan fingerprint density at radius 3 is 1.29 bits per heavy atom. The average molecular weight is 904 g/mol. The van der Waals surface area contributed by atoms with Crippen LogP contribution in [0.4, 0.5) is 22.7 Å². The predicted octanol–water partition coefficient (Wildman–Crippen LogP) is 7.40. The summed E-state index contributed by atoms with van der Waals surface area (Å²) in [6.45, 7) is 20.3. The van der Waals surface area contributed by atoms with Gasteiger partial charge in [-0.25, -0.2) is 0 Å². The van der Waals surface area contributed by atoms with Crippen molar-refractivity contribution in [2.24, 2.45) is 23.7 Å². The third kappa shape index (κ3) is 13.9. The molecule has 1 N–H and O–H groups in total. The van der Waals surface area contributed by atoms with E-state index >= 15 is 0 Å². The number of halogens is 2. The van der Waals surface area contributed by atoms with E-state index in [1.165, 1.54) is 11.4 Å². The monoisotopic (exact) mass is 901 g/mol. The van der Waals surface area contributed by atoms with Crippen molar-refractivity contribution in [2.75, 3.05) is 72.0 Å². The van der Waals surface area contributed by atoms with Crippen molar-refractivity contribution in [1.82, 2.24) is 9.97 Å². The third-order valence-electron chi connectivity index (χ3n) is 10.7. The van der Waals surface area contributed by atoms with Crippen LogP contribution in [-0.4, -0.2) is 81.6 Å². The molecule has 3 radical (unpaired) electrons. The number of rotatable bonds is 10. The first kappa shape index (κ1) is 51.6. The van der Waals surface area contributed by atoms with Crippen molar-refractivity contribution in [3.63, 3.8) is 0 Å². The summed E-state index contributed by atoms with van der Waals surface area (Å²) in [6, 6.07) is 24.9. The molecule has 12 heteroatoms. The maximum atomic E-state index is 12.4. The quantitative estimate of drug-likeness (QED) is 0.131. The molecule has 8 nitrogen and oxygen atoms in total. The van der Waals surface area contributed by atoms with Gasteiger partial charge in [0.2, 0.25) is 0 Å². The average Bonchev–Trinajstić information content (AvgIpc) is 3.18. The van der Waals surface area contributed by atoms with E-state index in [4.69, 9.17) is 0 Å². The summed E-state index contributed by atoms with van der Waals surface area (Å²) in [5, 5.41) is 10.5. The SMILES string of the molecule is C.C.CC(C)C(C)C(=O)c1ccc(N2CCN(c3ccc(Br)cc3)CC2)cn1.CC(C)C(C)C(O)c1ccc(N2CCN(c3ccc(Br)cc3)CC2)cn1.[B].[H-].[HH].[Na+]. The maximum Gasteiger partial charge on any atom is 1.00 e. The molecule has 0 bridgehead atoms. The van der Waals surface area contributed by atoms with Gasteiger partial charge in [-0.05, 0) is 90.6 Å². The molecule has 0 amide bonds. The summed E-state index contributed by atoms with van der Waals surface area (Å²) < 4.78 is 2.22. The summed E-state index contributed by atoms with van der Waals surface area (Å²) >= 11 is 6.98. The van der Waals surface area contributed by atoms with Crippen molar-refractivity contribution in [3.8, 4) is 0 Å². The van der Waals surface area contributed by atoms with Crippen molar-refractivity contribution in [1.29, 1.82) is 0 Å². The van der Waals surface area contributed by atoms with Crippen molar-refractivity contribution >= 4 is 68.8 Å². The van der Waals surface area contributed by atoms with E-state index < -0.39 is 6.10 Å². The number of aromatic nitrogens is 2. The molecule has 2 saturated heterocycles. The van der Waals surface area contributed by atoms with E-state index in [1.807, 2.05) is 37.5 Å². The van der Waals surface area contributed by atoms with Gasteiger partial charge in [-0.2, -0.15) is 0 Å².